The van der Waals surface area contributed by atoms with Gasteiger partial charge in [0, 0.05) is 50.0 Å². The van der Waals surface area contributed by atoms with Gasteiger partial charge in [-0.05, 0) is 25.2 Å². The third kappa shape index (κ3) is 4.63. The van der Waals surface area contributed by atoms with Crippen molar-refractivity contribution in [3.63, 3.8) is 0 Å². The summed E-state index contributed by atoms with van der Waals surface area (Å²) in [6.45, 7) is 1.46. The number of carbonyl (C=O) groups excluding carboxylic acids is 2. The molecule has 0 bridgehead atoms. The number of hydrogen-bond acceptors (Lipinski definition) is 4. The molecule has 0 saturated carbocycles. The van der Waals surface area contributed by atoms with Crippen LogP contribution >= 0.6 is 24.0 Å². The van der Waals surface area contributed by atoms with Crippen LogP contribution in [0.25, 0.3) is 0 Å². The van der Waals surface area contributed by atoms with E-state index in [0.717, 1.165) is 11.6 Å². The van der Waals surface area contributed by atoms with Crippen molar-refractivity contribution in [2.45, 2.75) is 6.04 Å². The standard InChI is InChI=1S/C18H21ClFN5O2.ClH/c1-21-16(12-10-22-23(2)11-12)18(27)25-7-5-24(6-8-25)17(26)14-4-3-13(19)9-15(14)20;/h3-4,9-11,16,21H,5-8H2,1-2H3;1H. The second kappa shape index (κ2) is 9.36. The number of rotatable bonds is 4. The molecule has 2 amide bonds. The summed E-state index contributed by atoms with van der Waals surface area (Å²) in [5.74, 6) is -1.11. The van der Waals surface area contributed by atoms with Crippen LogP contribution in [0.15, 0.2) is 30.6 Å². The molecule has 1 N–H and O–H groups in total. The van der Waals surface area contributed by atoms with E-state index in [0.29, 0.717) is 26.2 Å². The molecule has 1 fully saturated rings. The van der Waals surface area contributed by atoms with Crippen LogP contribution in [0.5, 0.6) is 0 Å². The lowest BCUT2D eigenvalue weighted by atomic mass is 10.1. The highest BCUT2D eigenvalue weighted by Gasteiger charge is 2.30. The van der Waals surface area contributed by atoms with Crippen molar-refractivity contribution >= 4 is 35.8 Å². The van der Waals surface area contributed by atoms with E-state index in [4.69, 9.17) is 11.6 Å². The van der Waals surface area contributed by atoms with Crippen molar-refractivity contribution in [3.8, 4) is 0 Å². The molecule has 1 aromatic carbocycles. The Morgan fingerprint density at radius 3 is 2.39 bits per heavy atom. The fourth-order valence-corrected chi connectivity index (χ4v) is 3.33. The maximum Gasteiger partial charge on any atom is 0.256 e. The summed E-state index contributed by atoms with van der Waals surface area (Å²) < 4.78 is 15.6. The summed E-state index contributed by atoms with van der Waals surface area (Å²) in [5, 5.41) is 7.36. The van der Waals surface area contributed by atoms with Gasteiger partial charge in [-0.2, -0.15) is 5.10 Å². The highest BCUT2D eigenvalue weighted by molar-refractivity contribution is 6.30. The molecule has 1 atom stereocenters. The molecular formula is C18H22Cl2FN5O2. The molecule has 28 heavy (non-hydrogen) atoms. The number of benzene rings is 1. The van der Waals surface area contributed by atoms with Gasteiger partial charge in [0.2, 0.25) is 5.91 Å². The molecule has 1 aliphatic rings. The summed E-state index contributed by atoms with van der Waals surface area (Å²) in [4.78, 5) is 28.6. The predicted octanol–water partition coefficient (Wildman–Crippen LogP) is 1.88. The topological polar surface area (TPSA) is 70.5 Å². The van der Waals surface area contributed by atoms with Crippen LogP contribution in [0.2, 0.25) is 5.02 Å². The molecule has 7 nitrogen and oxygen atoms in total. The smallest absolute Gasteiger partial charge is 0.256 e. The zero-order chi connectivity index (χ0) is 19.6. The zero-order valence-corrected chi connectivity index (χ0v) is 17.1. The summed E-state index contributed by atoms with van der Waals surface area (Å²) >= 11 is 5.74. The minimum absolute atomic E-state index is 0. The van der Waals surface area contributed by atoms with Crippen LogP contribution in [-0.2, 0) is 11.8 Å². The molecule has 10 heteroatoms. The van der Waals surface area contributed by atoms with Crippen LogP contribution in [0, 0.1) is 5.82 Å². The quantitative estimate of drug-likeness (QED) is 0.805. The number of nitrogens with one attached hydrogen (secondary N) is 1. The minimum atomic E-state index is -0.641. The summed E-state index contributed by atoms with van der Waals surface area (Å²) in [7, 11) is 3.51. The molecule has 0 radical (unpaired) electrons. The van der Waals surface area contributed by atoms with Gasteiger partial charge >= 0.3 is 0 Å². The monoisotopic (exact) mass is 429 g/mol. The van der Waals surface area contributed by atoms with Crippen LogP contribution < -0.4 is 5.32 Å². The van der Waals surface area contributed by atoms with E-state index in [1.54, 1.807) is 41.0 Å². The Hall–Kier alpha value is -2.16. The maximum atomic E-state index is 14.0. The van der Waals surface area contributed by atoms with E-state index in [1.165, 1.54) is 12.1 Å². The van der Waals surface area contributed by atoms with Gasteiger partial charge in [-0.25, -0.2) is 4.39 Å². The second-order valence-electron chi connectivity index (χ2n) is 6.41. The molecule has 3 rings (SSSR count). The van der Waals surface area contributed by atoms with Crippen LogP contribution in [0.1, 0.15) is 22.0 Å². The molecule has 152 valence electrons. The first-order valence-corrected chi connectivity index (χ1v) is 8.97. The van der Waals surface area contributed by atoms with Gasteiger partial charge in [-0.15, -0.1) is 12.4 Å². The molecular weight excluding hydrogens is 408 g/mol. The average molecular weight is 430 g/mol. The first-order valence-electron chi connectivity index (χ1n) is 8.59. The van der Waals surface area contributed by atoms with Crippen LogP contribution in [0.4, 0.5) is 4.39 Å². The normalized spacial score (nSPS) is 15.1. The third-order valence-corrected chi connectivity index (χ3v) is 4.87. The number of halogens is 3. The van der Waals surface area contributed by atoms with Crippen LogP contribution in [0.3, 0.4) is 0 Å². The number of amides is 2. The molecule has 1 unspecified atom stereocenters. The zero-order valence-electron chi connectivity index (χ0n) is 15.6. The first-order chi connectivity index (χ1) is 12.9. The maximum absolute atomic E-state index is 14.0. The molecule has 1 saturated heterocycles. The molecule has 0 aliphatic carbocycles. The number of aromatic nitrogens is 2. The fourth-order valence-electron chi connectivity index (χ4n) is 3.17. The fraction of sp³-hybridized carbons (Fsp3) is 0.389. The Labute approximate surface area is 173 Å². The van der Waals surface area contributed by atoms with Gasteiger partial charge < -0.3 is 15.1 Å². The molecule has 2 aromatic rings. The van der Waals surface area contributed by atoms with Gasteiger partial charge in [-0.1, -0.05) is 11.6 Å². The largest absolute Gasteiger partial charge is 0.337 e. The van der Waals surface area contributed by atoms with E-state index in [1.807, 2.05) is 0 Å². The van der Waals surface area contributed by atoms with Crippen molar-refractivity contribution in [1.82, 2.24) is 24.9 Å². The second-order valence-corrected chi connectivity index (χ2v) is 6.85. The van der Waals surface area contributed by atoms with Crippen molar-refractivity contribution in [2.24, 2.45) is 7.05 Å². The number of hydrogen-bond donors (Lipinski definition) is 1. The van der Waals surface area contributed by atoms with Gasteiger partial charge in [0.25, 0.3) is 5.91 Å². The van der Waals surface area contributed by atoms with Gasteiger partial charge in [-0.3, -0.25) is 14.3 Å². The Morgan fingerprint density at radius 2 is 1.86 bits per heavy atom. The predicted molar refractivity (Wildman–Crippen MR) is 106 cm³/mol. The number of piperazine rings is 1. The summed E-state index contributed by atoms with van der Waals surface area (Å²) in [5.41, 5.74) is 0.773. The number of aryl methyl sites for hydroxylation is 1. The SMILES string of the molecule is CNC(C(=O)N1CCN(C(=O)c2ccc(Cl)cc2F)CC1)c1cnn(C)c1.Cl. The first kappa shape index (κ1) is 22.1. The Balaban J connectivity index is 0.00000280. The number of carbonyl (C=O) groups is 2. The molecule has 1 aromatic heterocycles. The minimum Gasteiger partial charge on any atom is -0.337 e. The van der Waals surface area contributed by atoms with Crippen LogP contribution in [-0.4, -0.2) is 64.6 Å². The number of nitrogens with zero attached hydrogens (tertiary/aromatic N) is 4. The molecule has 0 spiro atoms. The van der Waals surface area contributed by atoms with E-state index in [-0.39, 0.29) is 28.9 Å². The van der Waals surface area contributed by atoms with E-state index < -0.39 is 17.8 Å². The van der Waals surface area contributed by atoms with Crippen molar-refractivity contribution in [2.75, 3.05) is 33.2 Å². The third-order valence-electron chi connectivity index (χ3n) is 4.63. The average Bonchev–Trinajstić information content (AvgIpc) is 3.08. The lowest BCUT2D eigenvalue weighted by Crippen LogP contribution is -2.52. The highest BCUT2D eigenvalue weighted by atomic mass is 35.5. The molecule has 2 heterocycles. The van der Waals surface area contributed by atoms with Gasteiger partial charge in [0.1, 0.15) is 11.9 Å². The van der Waals surface area contributed by atoms with E-state index in [2.05, 4.69) is 10.4 Å². The van der Waals surface area contributed by atoms with E-state index in [9.17, 15) is 14.0 Å². The Bertz CT molecular complexity index is 852. The summed E-state index contributed by atoms with van der Waals surface area (Å²) in [6.07, 6.45) is 3.45. The van der Waals surface area contributed by atoms with E-state index >= 15 is 0 Å². The Kier molecular flexibility index (Phi) is 7.40. The van der Waals surface area contributed by atoms with Crippen molar-refractivity contribution in [3.05, 3.63) is 52.6 Å². The lowest BCUT2D eigenvalue weighted by molar-refractivity contribution is -0.135. The van der Waals surface area contributed by atoms with Crippen molar-refractivity contribution in [1.29, 1.82) is 0 Å². The van der Waals surface area contributed by atoms with Gasteiger partial charge in [0.05, 0.1) is 11.8 Å². The Morgan fingerprint density at radius 1 is 1.21 bits per heavy atom. The lowest BCUT2D eigenvalue weighted by Gasteiger charge is -2.36. The van der Waals surface area contributed by atoms with Crippen molar-refractivity contribution < 1.29 is 14.0 Å². The summed E-state index contributed by atoms with van der Waals surface area (Å²) in [6, 6.07) is 3.51. The van der Waals surface area contributed by atoms with Gasteiger partial charge in [0.15, 0.2) is 0 Å². The highest BCUT2D eigenvalue weighted by Crippen LogP contribution is 2.19. The number of likely N-dealkylation sites (N-methyl/N-ethyl adjacent to an activating group) is 1. The molecule has 1 aliphatic heterocycles.